The van der Waals surface area contributed by atoms with Crippen LogP contribution in [-0.2, 0) is 32.5 Å². The van der Waals surface area contributed by atoms with E-state index >= 15 is 0 Å². The summed E-state index contributed by atoms with van der Waals surface area (Å²) in [4.78, 5) is 36.6. The lowest BCUT2D eigenvalue weighted by Gasteiger charge is -2.14. The van der Waals surface area contributed by atoms with E-state index in [0.29, 0.717) is 78.7 Å². The summed E-state index contributed by atoms with van der Waals surface area (Å²) in [6.45, 7) is 16.0. The number of furan rings is 1. The molecule has 0 spiro atoms. The zero-order valence-corrected chi connectivity index (χ0v) is 50.7. The van der Waals surface area contributed by atoms with Crippen LogP contribution in [0.4, 0.5) is 31.0 Å². The Kier molecular flexibility index (Phi) is 15.8. The second-order valence-corrected chi connectivity index (χ2v) is 22.3. The van der Waals surface area contributed by atoms with E-state index < -0.39 is 0 Å². The molecule has 456 valence electrons. The van der Waals surface area contributed by atoms with Crippen molar-refractivity contribution in [3.8, 4) is 50.8 Å². The zero-order valence-electron chi connectivity index (χ0n) is 50.7. The van der Waals surface area contributed by atoms with Crippen LogP contribution >= 0.6 is 0 Å². The summed E-state index contributed by atoms with van der Waals surface area (Å²) < 4.78 is 72.8. The maximum Gasteiger partial charge on any atom is 0.213 e. The first-order valence-electron chi connectivity index (χ1n) is 29.4. The summed E-state index contributed by atoms with van der Waals surface area (Å²) in [5, 5.41) is 15.0. The Balaban J connectivity index is 0.000000124. The second kappa shape index (κ2) is 24.4. The van der Waals surface area contributed by atoms with Gasteiger partial charge in [0.05, 0.1) is 49.9 Å². The van der Waals surface area contributed by atoms with Crippen molar-refractivity contribution >= 4 is 45.8 Å². The van der Waals surface area contributed by atoms with E-state index in [-0.39, 0.29) is 30.0 Å². The van der Waals surface area contributed by atoms with Gasteiger partial charge in [0.2, 0.25) is 23.7 Å². The van der Waals surface area contributed by atoms with Gasteiger partial charge in [-0.25, -0.2) is 48.1 Å². The van der Waals surface area contributed by atoms with Gasteiger partial charge < -0.3 is 34.6 Å². The third-order valence-corrected chi connectivity index (χ3v) is 16.0. The van der Waals surface area contributed by atoms with Crippen LogP contribution in [-0.4, -0.2) is 83.2 Å². The van der Waals surface area contributed by atoms with Crippen LogP contribution in [0.5, 0.6) is 17.4 Å². The van der Waals surface area contributed by atoms with Gasteiger partial charge in [-0.3, -0.25) is 22.9 Å². The lowest BCUT2D eigenvalue weighted by molar-refractivity contribution is 0.356. The van der Waals surface area contributed by atoms with Gasteiger partial charge in [-0.15, -0.1) is 0 Å². The molecule has 0 aliphatic carbocycles. The van der Waals surface area contributed by atoms with E-state index in [2.05, 4.69) is 69.8 Å². The molecule has 0 saturated carbocycles. The van der Waals surface area contributed by atoms with E-state index in [1.165, 1.54) is 18.2 Å². The van der Waals surface area contributed by atoms with E-state index in [9.17, 15) is 13.2 Å². The van der Waals surface area contributed by atoms with Crippen molar-refractivity contribution in [2.75, 3.05) is 36.3 Å². The average Bonchev–Trinajstić information content (AvgIpc) is 1.80. The summed E-state index contributed by atoms with van der Waals surface area (Å²) in [5.41, 5.74) is 16.7. The normalized spacial score (nSPS) is 12.4. The maximum absolute atomic E-state index is 14.5. The number of hydrogen-bond acceptors (Lipinski definition) is 16. The third kappa shape index (κ3) is 11.3. The van der Waals surface area contributed by atoms with Gasteiger partial charge in [0.25, 0.3) is 0 Å². The Bertz CT molecular complexity index is 4860. The van der Waals surface area contributed by atoms with Crippen molar-refractivity contribution in [3.63, 3.8) is 0 Å². The molecule has 13 aromatic rings. The van der Waals surface area contributed by atoms with Gasteiger partial charge in [0.15, 0.2) is 0 Å². The van der Waals surface area contributed by atoms with Crippen molar-refractivity contribution in [2.24, 2.45) is 0 Å². The highest BCUT2D eigenvalue weighted by Crippen LogP contribution is 2.35. The molecule has 23 heteroatoms. The van der Waals surface area contributed by atoms with Crippen molar-refractivity contribution < 1.29 is 31.8 Å². The Morgan fingerprint density at radius 3 is 1.60 bits per heavy atom. The minimum absolute atomic E-state index is 0.234. The molecule has 0 radical (unpaired) electrons. The Labute approximate surface area is 514 Å². The number of nitrogens with zero attached hydrogens (tertiary/aromatic N) is 13. The molecular weight excluding hydrogens is 1150 g/mol. The van der Waals surface area contributed by atoms with Gasteiger partial charge in [-0.05, 0) is 103 Å². The summed E-state index contributed by atoms with van der Waals surface area (Å²) in [7, 11) is 1.59. The van der Waals surface area contributed by atoms with Crippen molar-refractivity contribution in [3.05, 3.63) is 203 Å². The molecule has 15 rings (SSSR count). The fourth-order valence-corrected chi connectivity index (χ4v) is 11.5. The third-order valence-electron chi connectivity index (χ3n) is 16.0. The standard InChI is InChI=1S/C23H22FN5O2.C22H23FN6O.C22H18FN5O/c1-13-8-21(30-3)25-9-16(13)18-11-27-23(29-12-14(2)28-22(18)29)26-10-17-15-6-7-31-20(15)5-4-19(17)24;1-13(2)29-12-15(8-26-29)17-9-24-22(28-11-14(3)27-21(17)28)25-10-18-16-6-7-30-20(16)5-4-19(18)23;1-13-12-28-21(27-13)18(15-4-3-8-24-14(15)2)11-26-22(28)25-10-17-16-7-9-29-20(16)6-5-19(17)23/h4-5,8-9,11-12H,6-7,10H2,1-3H3,(H,26,27);4-5,8-9,11-13H,6-7,10H2,1-3H3,(H,24,25);3-9,11-12H,10H2,1-2H3,(H,25,26). The summed E-state index contributed by atoms with van der Waals surface area (Å²) in [6.07, 6.45) is 21.5. The van der Waals surface area contributed by atoms with Crippen LogP contribution in [0.2, 0.25) is 0 Å². The largest absolute Gasteiger partial charge is 0.493 e. The first-order chi connectivity index (χ1) is 43.7. The predicted octanol–water partition coefficient (Wildman–Crippen LogP) is 13.2. The monoisotopic (exact) mass is 1210 g/mol. The number of nitrogens with one attached hydrogen (secondary N) is 3. The topological polar surface area (TPSA) is 211 Å². The predicted molar refractivity (Wildman–Crippen MR) is 337 cm³/mol. The number of imidazole rings is 3. The van der Waals surface area contributed by atoms with Crippen LogP contribution in [0.25, 0.3) is 61.3 Å². The number of aryl methyl sites for hydroxylation is 5. The summed E-state index contributed by atoms with van der Waals surface area (Å²) in [6, 6.07) is 17.2. The Morgan fingerprint density at radius 2 is 1.07 bits per heavy atom. The molecule has 3 N–H and O–H groups in total. The van der Waals surface area contributed by atoms with Gasteiger partial charge in [-0.1, -0.05) is 6.07 Å². The number of methoxy groups -OCH3 is 1. The van der Waals surface area contributed by atoms with Crippen molar-refractivity contribution in [1.82, 2.24) is 62.9 Å². The highest BCUT2D eigenvalue weighted by molar-refractivity contribution is 5.83. The number of benzene rings is 3. The van der Waals surface area contributed by atoms with Crippen LogP contribution in [0.3, 0.4) is 0 Å². The van der Waals surface area contributed by atoms with E-state index in [4.69, 9.17) is 23.6 Å². The van der Waals surface area contributed by atoms with Gasteiger partial charge in [0.1, 0.15) is 51.5 Å². The molecule has 10 aromatic heterocycles. The van der Waals surface area contributed by atoms with E-state index in [1.54, 1.807) is 68.6 Å². The zero-order chi connectivity index (χ0) is 62.3. The SMILES string of the molecule is COc1cc(C)c(-c2cnc(NCc3c(F)ccc4c3CCO4)n3cc(C)nc23)cn1.Cc1cn2c(NCc3c(F)ccc4c3CCO4)ncc(-c3cnn(C(C)C)c3)c2n1.Cc1cn2c(NCc3c(F)ccc4occc34)ncc(-c3cccnc3C)c2n1. The summed E-state index contributed by atoms with van der Waals surface area (Å²) >= 11 is 0. The molecule has 90 heavy (non-hydrogen) atoms. The van der Waals surface area contributed by atoms with Gasteiger partial charge >= 0.3 is 0 Å². The highest BCUT2D eigenvalue weighted by atomic mass is 19.1. The van der Waals surface area contributed by atoms with Crippen LogP contribution in [0.15, 0.2) is 133 Å². The lowest BCUT2D eigenvalue weighted by Crippen LogP contribution is -2.10. The van der Waals surface area contributed by atoms with Gasteiger partial charge in [0, 0.05) is 173 Å². The molecule has 0 fully saturated rings. The molecule has 2 aliphatic rings. The molecule has 0 bridgehead atoms. The molecule has 3 aromatic carbocycles. The molecule has 2 aliphatic heterocycles. The fourth-order valence-electron chi connectivity index (χ4n) is 11.5. The number of anilines is 3. The molecule has 0 saturated heterocycles. The molecule has 12 heterocycles. The van der Waals surface area contributed by atoms with Crippen molar-refractivity contribution in [1.29, 1.82) is 0 Å². The van der Waals surface area contributed by atoms with Crippen LogP contribution in [0.1, 0.15) is 76.0 Å². The minimum Gasteiger partial charge on any atom is -0.493 e. The molecule has 0 atom stereocenters. The second-order valence-electron chi connectivity index (χ2n) is 22.3. The van der Waals surface area contributed by atoms with Crippen LogP contribution in [0, 0.1) is 52.1 Å². The summed E-state index contributed by atoms with van der Waals surface area (Å²) in [5.74, 6) is 3.11. The Hall–Kier alpha value is -10.8. The van der Waals surface area contributed by atoms with Gasteiger partial charge in [-0.2, -0.15) is 5.10 Å². The quantitative estimate of drug-likeness (QED) is 0.0924. The molecular formula is C67H63F3N16O4. The Morgan fingerprint density at radius 1 is 0.556 bits per heavy atom. The lowest BCUT2D eigenvalue weighted by atomic mass is 10.0. The minimum atomic E-state index is -0.285. The maximum atomic E-state index is 14.5. The number of aromatic nitrogens is 13. The number of hydrogen-bond donors (Lipinski definition) is 3. The number of rotatable bonds is 14. The van der Waals surface area contributed by atoms with E-state index in [1.807, 2.05) is 102 Å². The first kappa shape index (κ1) is 58.2. The first-order valence-corrected chi connectivity index (χ1v) is 29.4. The highest BCUT2D eigenvalue weighted by Gasteiger charge is 2.24. The van der Waals surface area contributed by atoms with Crippen LogP contribution < -0.4 is 30.2 Å². The molecule has 20 nitrogen and oxygen atoms in total. The van der Waals surface area contributed by atoms with E-state index in [0.717, 1.165) is 113 Å². The molecule has 0 unspecified atom stereocenters. The fraction of sp³-hybridized carbons (Fsp3) is 0.239. The molecule has 0 amide bonds. The number of pyridine rings is 2. The number of halogens is 3. The average molecular weight is 1210 g/mol. The smallest absolute Gasteiger partial charge is 0.213 e. The number of fused-ring (bicyclic) bond motifs is 6. The van der Waals surface area contributed by atoms with Crippen molar-refractivity contribution in [2.45, 2.75) is 87.0 Å². The number of ether oxygens (including phenoxy) is 3.